The van der Waals surface area contributed by atoms with E-state index in [1.165, 1.54) is 12.4 Å². The van der Waals surface area contributed by atoms with Crippen LogP contribution in [0, 0.1) is 0 Å². The molecule has 0 unspecified atom stereocenters. The highest BCUT2D eigenvalue weighted by molar-refractivity contribution is 5.86. The van der Waals surface area contributed by atoms with Crippen molar-refractivity contribution in [3.8, 4) is 0 Å². The molecule has 2 rings (SSSR count). The molecule has 0 atom stereocenters. The van der Waals surface area contributed by atoms with Crippen molar-refractivity contribution in [1.29, 1.82) is 0 Å². The number of H-pyrrole nitrogens is 1. The van der Waals surface area contributed by atoms with Crippen LogP contribution in [0.25, 0.3) is 0 Å². The van der Waals surface area contributed by atoms with Gasteiger partial charge in [0, 0.05) is 25.6 Å². The first kappa shape index (κ1) is 9.97. The lowest BCUT2D eigenvalue weighted by atomic mass is 10.4. The van der Waals surface area contributed by atoms with Crippen LogP contribution in [0.2, 0.25) is 0 Å². The predicted molar refractivity (Wildman–Crippen MR) is 48.8 cm³/mol. The topological polar surface area (TPSA) is 83.8 Å². The molecule has 0 radical (unpaired) electrons. The summed E-state index contributed by atoms with van der Waals surface area (Å²) in [6.45, 7) is 0. The van der Waals surface area contributed by atoms with Crippen molar-refractivity contribution in [2.45, 2.75) is 0 Å². The number of aromatic nitrogens is 4. The number of aryl methyl sites for hydroxylation is 1. The van der Waals surface area contributed by atoms with E-state index in [0.717, 1.165) is 0 Å². The molecule has 0 spiro atoms. The van der Waals surface area contributed by atoms with Crippen LogP contribution in [0.5, 0.6) is 0 Å². The van der Waals surface area contributed by atoms with Crippen molar-refractivity contribution in [1.82, 2.24) is 20.0 Å². The fourth-order valence-corrected chi connectivity index (χ4v) is 0.713. The molecule has 2 heterocycles. The summed E-state index contributed by atoms with van der Waals surface area (Å²) in [5, 5.41) is 17.9. The molecular formula is C8H10N4O2. The Morgan fingerprint density at radius 1 is 1.64 bits per heavy atom. The number of nitrogens with one attached hydrogen (secondary N) is 1. The second-order valence-corrected chi connectivity index (χ2v) is 2.47. The Hall–Kier alpha value is -2.11. The smallest absolute Gasteiger partial charge is 0.338 e. The number of aromatic amines is 1. The van der Waals surface area contributed by atoms with Gasteiger partial charge in [-0.1, -0.05) is 0 Å². The van der Waals surface area contributed by atoms with Crippen LogP contribution < -0.4 is 0 Å². The molecule has 2 aromatic heterocycles. The highest BCUT2D eigenvalue weighted by Crippen LogP contribution is 1.90. The Morgan fingerprint density at radius 2 is 2.43 bits per heavy atom. The third-order valence-corrected chi connectivity index (χ3v) is 1.38. The van der Waals surface area contributed by atoms with E-state index < -0.39 is 5.97 Å². The summed E-state index contributed by atoms with van der Waals surface area (Å²) in [7, 11) is 1.89. The van der Waals surface area contributed by atoms with Gasteiger partial charge in [0.1, 0.15) is 0 Å². The molecule has 74 valence electrons. The van der Waals surface area contributed by atoms with Crippen molar-refractivity contribution in [2.24, 2.45) is 7.05 Å². The molecule has 0 fully saturated rings. The van der Waals surface area contributed by atoms with E-state index in [1.54, 1.807) is 10.9 Å². The number of aromatic carboxylic acids is 1. The second kappa shape index (κ2) is 4.80. The van der Waals surface area contributed by atoms with Gasteiger partial charge in [0.2, 0.25) is 0 Å². The molecule has 0 saturated carbocycles. The Balaban J connectivity index is 0.000000146. The first-order valence-electron chi connectivity index (χ1n) is 3.86. The van der Waals surface area contributed by atoms with Gasteiger partial charge in [-0.2, -0.15) is 10.2 Å². The Bertz CT molecular complexity index is 366. The molecule has 0 bridgehead atoms. The van der Waals surface area contributed by atoms with Crippen molar-refractivity contribution in [3.63, 3.8) is 0 Å². The van der Waals surface area contributed by atoms with Crippen molar-refractivity contribution in [2.75, 3.05) is 0 Å². The van der Waals surface area contributed by atoms with Crippen LogP contribution in [0.4, 0.5) is 0 Å². The van der Waals surface area contributed by atoms with E-state index in [9.17, 15) is 4.79 Å². The lowest BCUT2D eigenvalue weighted by Gasteiger charge is -1.77. The van der Waals surface area contributed by atoms with Crippen molar-refractivity contribution >= 4 is 5.97 Å². The molecule has 14 heavy (non-hydrogen) atoms. The molecule has 0 aliphatic carbocycles. The minimum absolute atomic E-state index is 0.185. The summed E-state index contributed by atoms with van der Waals surface area (Å²) in [6, 6.07) is 1.89. The van der Waals surface area contributed by atoms with Crippen LogP contribution in [0.3, 0.4) is 0 Å². The summed E-state index contributed by atoms with van der Waals surface area (Å²) in [4.78, 5) is 10.0. The molecule has 2 N–H and O–H groups in total. The highest BCUT2D eigenvalue weighted by atomic mass is 16.4. The summed E-state index contributed by atoms with van der Waals surface area (Å²) < 4.78 is 1.75. The number of nitrogens with zero attached hydrogens (tertiary/aromatic N) is 3. The number of carbonyl (C=O) groups is 1. The molecule has 0 aliphatic rings. The average molecular weight is 194 g/mol. The van der Waals surface area contributed by atoms with E-state index >= 15 is 0 Å². The maximum Gasteiger partial charge on any atom is 0.338 e. The zero-order chi connectivity index (χ0) is 10.4. The maximum atomic E-state index is 10.0. The van der Waals surface area contributed by atoms with E-state index in [1.807, 2.05) is 19.3 Å². The zero-order valence-corrected chi connectivity index (χ0v) is 7.58. The SMILES string of the molecule is Cn1cccn1.O=C(O)c1cn[nH]c1. The van der Waals surface area contributed by atoms with Gasteiger partial charge in [-0.3, -0.25) is 9.78 Å². The summed E-state index contributed by atoms with van der Waals surface area (Å²) in [6.07, 6.45) is 6.21. The molecular weight excluding hydrogens is 184 g/mol. The molecule has 0 aliphatic heterocycles. The normalized spacial score (nSPS) is 8.93. The highest BCUT2D eigenvalue weighted by Gasteiger charge is 1.99. The zero-order valence-electron chi connectivity index (χ0n) is 7.58. The van der Waals surface area contributed by atoms with E-state index in [0.29, 0.717) is 0 Å². The van der Waals surface area contributed by atoms with Crippen LogP contribution in [-0.2, 0) is 7.05 Å². The second-order valence-electron chi connectivity index (χ2n) is 2.47. The first-order chi connectivity index (χ1) is 6.70. The molecule has 0 amide bonds. The maximum absolute atomic E-state index is 10.0. The lowest BCUT2D eigenvalue weighted by Crippen LogP contribution is -1.91. The van der Waals surface area contributed by atoms with Gasteiger partial charge in [-0.15, -0.1) is 0 Å². The van der Waals surface area contributed by atoms with E-state index in [2.05, 4.69) is 15.3 Å². The molecule has 0 saturated heterocycles. The van der Waals surface area contributed by atoms with Crippen LogP contribution >= 0.6 is 0 Å². The molecule has 2 aromatic rings. The number of hydrogen-bond donors (Lipinski definition) is 2. The number of hydrogen-bond acceptors (Lipinski definition) is 3. The van der Waals surface area contributed by atoms with Gasteiger partial charge >= 0.3 is 5.97 Å². The summed E-state index contributed by atoms with van der Waals surface area (Å²) in [5.41, 5.74) is 0.185. The number of carboxylic acids is 1. The minimum atomic E-state index is -0.959. The van der Waals surface area contributed by atoms with Gasteiger partial charge < -0.3 is 5.11 Å². The third kappa shape index (κ3) is 3.10. The number of rotatable bonds is 1. The fraction of sp³-hybridized carbons (Fsp3) is 0.125. The van der Waals surface area contributed by atoms with Gasteiger partial charge in [-0.05, 0) is 6.07 Å². The van der Waals surface area contributed by atoms with E-state index in [-0.39, 0.29) is 5.56 Å². The number of carboxylic acid groups (broad SMARTS) is 1. The molecule has 6 heteroatoms. The van der Waals surface area contributed by atoms with Crippen LogP contribution in [0.15, 0.2) is 30.9 Å². The largest absolute Gasteiger partial charge is 0.478 e. The minimum Gasteiger partial charge on any atom is -0.478 e. The fourth-order valence-electron chi connectivity index (χ4n) is 0.713. The van der Waals surface area contributed by atoms with Gasteiger partial charge in [0.15, 0.2) is 0 Å². The third-order valence-electron chi connectivity index (χ3n) is 1.38. The van der Waals surface area contributed by atoms with Crippen LogP contribution in [-0.4, -0.2) is 31.1 Å². The Kier molecular flexibility index (Phi) is 3.42. The molecule has 6 nitrogen and oxygen atoms in total. The van der Waals surface area contributed by atoms with Gasteiger partial charge in [0.05, 0.1) is 11.8 Å². The van der Waals surface area contributed by atoms with E-state index in [4.69, 9.17) is 5.11 Å². The summed E-state index contributed by atoms with van der Waals surface area (Å²) >= 11 is 0. The lowest BCUT2D eigenvalue weighted by molar-refractivity contribution is 0.0697. The van der Waals surface area contributed by atoms with Gasteiger partial charge in [0.25, 0.3) is 0 Å². The Morgan fingerprint density at radius 3 is 2.64 bits per heavy atom. The quantitative estimate of drug-likeness (QED) is 0.693. The first-order valence-corrected chi connectivity index (χ1v) is 3.86. The molecule has 0 aromatic carbocycles. The van der Waals surface area contributed by atoms with Crippen molar-refractivity contribution in [3.05, 3.63) is 36.4 Å². The van der Waals surface area contributed by atoms with Crippen LogP contribution in [0.1, 0.15) is 10.4 Å². The summed E-state index contributed by atoms with van der Waals surface area (Å²) in [5.74, 6) is -0.959. The standard InChI is InChI=1S/C4H4N2O2.C4H6N2/c7-4(8)3-1-5-6-2-3;1-6-4-2-3-5-6/h1-2H,(H,5,6)(H,7,8);2-4H,1H3. The predicted octanol–water partition coefficient (Wildman–Crippen LogP) is 0.528. The average Bonchev–Trinajstić information content (AvgIpc) is 2.75. The van der Waals surface area contributed by atoms with Gasteiger partial charge in [-0.25, -0.2) is 4.79 Å². The Labute approximate surface area is 80.2 Å². The van der Waals surface area contributed by atoms with Crippen molar-refractivity contribution < 1.29 is 9.90 Å². The monoisotopic (exact) mass is 194 g/mol.